The highest BCUT2D eigenvalue weighted by atomic mass is 35.5. The number of methoxy groups -OCH3 is 1. The summed E-state index contributed by atoms with van der Waals surface area (Å²) in [4.78, 5) is 42.7. The molecular weight excluding hydrogens is 556 g/mol. The number of ether oxygens (including phenoxy) is 2. The lowest BCUT2D eigenvalue weighted by Gasteiger charge is -2.38. The minimum absolute atomic E-state index is 0.104. The fourth-order valence-corrected chi connectivity index (χ4v) is 4.91. The quantitative estimate of drug-likeness (QED) is 0.361. The van der Waals surface area contributed by atoms with Crippen molar-refractivity contribution in [1.29, 1.82) is 0 Å². The van der Waals surface area contributed by atoms with Gasteiger partial charge in [-0.3, -0.25) is 9.59 Å². The molecule has 0 saturated carbocycles. The Morgan fingerprint density at radius 2 is 1.55 bits per heavy atom. The number of hydrogen-bond donors (Lipinski definition) is 2. The normalized spacial score (nSPS) is 14.1. The Morgan fingerprint density at radius 3 is 2.14 bits per heavy atom. The summed E-state index contributed by atoms with van der Waals surface area (Å²) in [5.74, 6) is 0.398. The number of anilines is 2. The van der Waals surface area contributed by atoms with Crippen LogP contribution in [0.3, 0.4) is 0 Å². The van der Waals surface area contributed by atoms with Gasteiger partial charge in [0, 0.05) is 48.1 Å². The highest BCUT2D eigenvalue weighted by molar-refractivity contribution is 6.31. The predicted octanol–water partition coefficient (Wildman–Crippen LogP) is 5.44. The van der Waals surface area contributed by atoms with Crippen molar-refractivity contribution in [1.82, 2.24) is 10.2 Å². The Labute approximate surface area is 251 Å². The molecule has 4 rings (SSSR count). The minimum atomic E-state index is -0.971. The van der Waals surface area contributed by atoms with Gasteiger partial charge in [0.15, 0.2) is 0 Å². The molecule has 1 aliphatic heterocycles. The number of nitrogens with one attached hydrogen (secondary N) is 2. The Morgan fingerprint density at radius 1 is 0.905 bits per heavy atom. The number of amides is 3. The van der Waals surface area contributed by atoms with Gasteiger partial charge in [-0.2, -0.15) is 0 Å². The molecule has 1 aliphatic rings. The van der Waals surface area contributed by atoms with Crippen LogP contribution in [0.15, 0.2) is 72.8 Å². The van der Waals surface area contributed by atoms with Crippen LogP contribution in [0.1, 0.15) is 37.9 Å². The second-order valence-corrected chi connectivity index (χ2v) is 11.4. The van der Waals surface area contributed by atoms with E-state index >= 15 is 0 Å². The fraction of sp³-hybridized carbons (Fsp3) is 0.344. The van der Waals surface area contributed by atoms with Gasteiger partial charge in [-0.15, -0.1) is 0 Å². The van der Waals surface area contributed by atoms with Crippen LogP contribution in [0.4, 0.5) is 16.2 Å². The molecule has 0 aliphatic carbocycles. The van der Waals surface area contributed by atoms with Crippen molar-refractivity contribution >= 4 is 40.9 Å². The third-order valence-electron chi connectivity index (χ3n) is 6.76. The Balaban J connectivity index is 1.34. The molecule has 0 bridgehead atoms. The van der Waals surface area contributed by atoms with Crippen molar-refractivity contribution in [2.75, 3.05) is 43.5 Å². The smallest absolute Gasteiger partial charge is 0.408 e. The van der Waals surface area contributed by atoms with Gasteiger partial charge < -0.3 is 29.9 Å². The zero-order valence-electron chi connectivity index (χ0n) is 24.4. The monoisotopic (exact) mass is 592 g/mol. The van der Waals surface area contributed by atoms with Gasteiger partial charge in [0.25, 0.3) is 0 Å². The van der Waals surface area contributed by atoms with Crippen LogP contribution in [-0.2, 0) is 20.7 Å². The lowest BCUT2D eigenvalue weighted by Crippen LogP contribution is -2.52. The first-order valence-corrected chi connectivity index (χ1v) is 14.2. The maximum absolute atomic E-state index is 13.6. The molecule has 10 heteroatoms. The first-order chi connectivity index (χ1) is 20.0. The maximum Gasteiger partial charge on any atom is 0.408 e. The number of hydrogen-bond acceptors (Lipinski definition) is 6. The summed E-state index contributed by atoms with van der Waals surface area (Å²) in [5.41, 5.74) is 2.41. The van der Waals surface area contributed by atoms with Gasteiger partial charge in [0.1, 0.15) is 17.4 Å². The number of carbonyl (C=O) groups excluding carboxylic acids is 3. The van der Waals surface area contributed by atoms with E-state index in [4.69, 9.17) is 21.1 Å². The highest BCUT2D eigenvalue weighted by Gasteiger charge is 2.32. The average Bonchev–Trinajstić information content (AvgIpc) is 2.96. The highest BCUT2D eigenvalue weighted by Crippen LogP contribution is 2.27. The number of rotatable bonds is 8. The number of carbonyl (C=O) groups is 3. The van der Waals surface area contributed by atoms with Crippen LogP contribution in [0.2, 0.25) is 5.02 Å². The van der Waals surface area contributed by atoms with Crippen LogP contribution in [-0.4, -0.2) is 61.7 Å². The summed E-state index contributed by atoms with van der Waals surface area (Å²) in [6, 6.07) is 21.1. The predicted molar refractivity (Wildman–Crippen MR) is 164 cm³/mol. The van der Waals surface area contributed by atoms with E-state index in [2.05, 4.69) is 15.5 Å². The summed E-state index contributed by atoms with van der Waals surface area (Å²) < 4.78 is 10.6. The maximum atomic E-state index is 13.6. The molecule has 1 heterocycles. The molecule has 0 spiro atoms. The summed E-state index contributed by atoms with van der Waals surface area (Å²) in [7, 11) is 1.61. The standard InChI is InChI=1S/C32H37ClN4O5/c1-32(2,3)42-31(40)35-29(26-7-5-6-8-27(26)33)30(39)37-19-17-36(18-20-37)24-13-11-23(12-14-24)34-28(38)21-22-9-15-25(41-4)16-10-22/h5-16,29H,17-21H2,1-4H3,(H,34,38)(H,35,40). The van der Waals surface area contributed by atoms with E-state index in [0.717, 1.165) is 17.0 Å². The van der Waals surface area contributed by atoms with Crippen LogP contribution in [0, 0.1) is 0 Å². The van der Waals surface area contributed by atoms with E-state index in [1.807, 2.05) is 48.5 Å². The molecule has 2 N–H and O–H groups in total. The molecule has 1 saturated heterocycles. The van der Waals surface area contributed by atoms with E-state index in [-0.39, 0.29) is 18.2 Å². The minimum Gasteiger partial charge on any atom is -0.497 e. The molecule has 42 heavy (non-hydrogen) atoms. The summed E-state index contributed by atoms with van der Waals surface area (Å²) in [6.45, 7) is 7.45. The van der Waals surface area contributed by atoms with Gasteiger partial charge in [-0.25, -0.2) is 4.79 Å². The number of halogens is 1. The zero-order valence-corrected chi connectivity index (χ0v) is 25.1. The van der Waals surface area contributed by atoms with Crippen molar-refractivity contribution in [2.45, 2.75) is 38.8 Å². The van der Waals surface area contributed by atoms with E-state index < -0.39 is 17.7 Å². The Kier molecular flexibility index (Phi) is 9.96. The third kappa shape index (κ3) is 8.39. The van der Waals surface area contributed by atoms with E-state index in [9.17, 15) is 14.4 Å². The molecule has 1 unspecified atom stereocenters. The Hall–Kier alpha value is -4.24. The van der Waals surface area contributed by atoms with Crippen molar-refractivity contribution < 1.29 is 23.9 Å². The Bertz CT molecular complexity index is 1380. The van der Waals surface area contributed by atoms with Crippen molar-refractivity contribution in [3.05, 3.63) is 88.9 Å². The van der Waals surface area contributed by atoms with Gasteiger partial charge in [-0.05, 0) is 68.8 Å². The van der Waals surface area contributed by atoms with Gasteiger partial charge in [-0.1, -0.05) is 41.9 Å². The lowest BCUT2D eigenvalue weighted by molar-refractivity contribution is -0.134. The van der Waals surface area contributed by atoms with Crippen LogP contribution in [0.25, 0.3) is 0 Å². The molecule has 1 fully saturated rings. The van der Waals surface area contributed by atoms with E-state index in [1.54, 1.807) is 57.0 Å². The molecule has 3 aromatic carbocycles. The molecule has 9 nitrogen and oxygen atoms in total. The van der Waals surface area contributed by atoms with Gasteiger partial charge in [0.2, 0.25) is 11.8 Å². The molecule has 3 amide bonds. The van der Waals surface area contributed by atoms with Crippen LogP contribution >= 0.6 is 11.6 Å². The summed E-state index contributed by atoms with van der Waals surface area (Å²) in [5, 5.41) is 6.05. The summed E-state index contributed by atoms with van der Waals surface area (Å²) in [6.07, 6.45) is -0.421. The molecule has 1 atom stereocenters. The third-order valence-corrected chi connectivity index (χ3v) is 7.10. The van der Waals surface area contributed by atoms with Gasteiger partial charge >= 0.3 is 6.09 Å². The van der Waals surface area contributed by atoms with E-state index in [0.29, 0.717) is 42.5 Å². The largest absolute Gasteiger partial charge is 0.497 e. The van der Waals surface area contributed by atoms with Gasteiger partial charge in [0.05, 0.1) is 13.5 Å². The molecular formula is C32H37ClN4O5. The number of benzene rings is 3. The SMILES string of the molecule is COc1ccc(CC(=O)Nc2ccc(N3CCN(C(=O)C(NC(=O)OC(C)(C)C)c4ccccc4Cl)CC3)cc2)cc1. The zero-order chi connectivity index (χ0) is 30.3. The van der Waals surface area contributed by atoms with Crippen molar-refractivity contribution in [3.8, 4) is 5.75 Å². The average molecular weight is 593 g/mol. The number of alkyl carbamates (subject to hydrolysis) is 1. The van der Waals surface area contributed by atoms with Crippen molar-refractivity contribution in [2.24, 2.45) is 0 Å². The van der Waals surface area contributed by atoms with E-state index in [1.165, 1.54) is 0 Å². The first-order valence-electron chi connectivity index (χ1n) is 13.8. The summed E-state index contributed by atoms with van der Waals surface area (Å²) >= 11 is 6.42. The molecule has 0 radical (unpaired) electrons. The van der Waals surface area contributed by atoms with Crippen LogP contribution in [0.5, 0.6) is 5.75 Å². The fourth-order valence-electron chi connectivity index (χ4n) is 4.66. The molecule has 3 aromatic rings. The van der Waals surface area contributed by atoms with Crippen LogP contribution < -0.4 is 20.3 Å². The second-order valence-electron chi connectivity index (χ2n) is 11.0. The number of nitrogens with zero attached hydrogens (tertiary/aromatic N) is 2. The number of piperazine rings is 1. The topological polar surface area (TPSA) is 100 Å². The lowest BCUT2D eigenvalue weighted by atomic mass is 10.0. The van der Waals surface area contributed by atoms with Crippen molar-refractivity contribution in [3.63, 3.8) is 0 Å². The molecule has 0 aromatic heterocycles. The molecule has 222 valence electrons. The first kappa shape index (κ1) is 30.7. The second kappa shape index (κ2) is 13.6.